The van der Waals surface area contributed by atoms with E-state index in [1.807, 2.05) is 24.3 Å². The average molecular weight is 267 g/mol. The first-order valence-electron chi connectivity index (χ1n) is 6.15. The Labute approximate surface area is 114 Å². The predicted molar refractivity (Wildman–Crippen MR) is 77.2 cm³/mol. The number of benzene rings is 1. The Balaban J connectivity index is 2.07. The van der Waals surface area contributed by atoms with Crippen LogP contribution in [0.15, 0.2) is 53.6 Å². The fourth-order valence-corrected chi connectivity index (χ4v) is 2.10. The van der Waals surface area contributed by atoms with Gasteiger partial charge in [0.15, 0.2) is 0 Å². The summed E-state index contributed by atoms with van der Waals surface area (Å²) in [6, 6.07) is 11.0. The summed E-state index contributed by atoms with van der Waals surface area (Å²) in [6.45, 7) is 0.317. The van der Waals surface area contributed by atoms with E-state index in [0.717, 1.165) is 10.9 Å². The molecule has 0 aliphatic heterocycles. The fraction of sp³-hybridized carbons (Fsp3) is 0.0714. The molecule has 1 aromatic carbocycles. The fourth-order valence-electron chi connectivity index (χ4n) is 2.10. The molecule has 0 spiro atoms. The molecule has 6 heteroatoms. The molecule has 6 nitrogen and oxygen atoms in total. The summed E-state index contributed by atoms with van der Waals surface area (Å²) >= 11 is 0. The Morgan fingerprint density at radius 3 is 2.90 bits per heavy atom. The van der Waals surface area contributed by atoms with Crippen molar-refractivity contribution in [3.8, 4) is 0 Å². The van der Waals surface area contributed by atoms with Crippen LogP contribution in [0.5, 0.6) is 0 Å². The number of nitrogens with one attached hydrogen (secondary N) is 1. The monoisotopic (exact) mass is 267 g/mol. The first-order valence-corrected chi connectivity index (χ1v) is 6.15. The van der Waals surface area contributed by atoms with Crippen molar-refractivity contribution in [2.24, 2.45) is 5.84 Å². The van der Waals surface area contributed by atoms with Crippen molar-refractivity contribution in [3.05, 3.63) is 64.7 Å². The average Bonchev–Trinajstić information content (AvgIpc) is 2.51. The highest BCUT2D eigenvalue weighted by Crippen LogP contribution is 2.12. The van der Waals surface area contributed by atoms with Gasteiger partial charge in [0.2, 0.25) is 0 Å². The largest absolute Gasteiger partial charge is 0.308 e. The van der Waals surface area contributed by atoms with Gasteiger partial charge in [0.1, 0.15) is 5.82 Å². The normalized spacial score (nSPS) is 10.7. The van der Waals surface area contributed by atoms with E-state index in [1.165, 1.54) is 4.68 Å². The van der Waals surface area contributed by atoms with Gasteiger partial charge in [0.05, 0.1) is 18.1 Å². The van der Waals surface area contributed by atoms with Crippen molar-refractivity contribution in [1.82, 2.24) is 14.8 Å². The van der Waals surface area contributed by atoms with Gasteiger partial charge in [0, 0.05) is 17.1 Å². The van der Waals surface area contributed by atoms with Gasteiger partial charge in [-0.05, 0) is 12.1 Å². The summed E-state index contributed by atoms with van der Waals surface area (Å²) in [7, 11) is 0. The molecule has 0 saturated carbocycles. The number of hydrogen-bond donors (Lipinski definition) is 2. The summed E-state index contributed by atoms with van der Waals surface area (Å²) in [4.78, 5) is 16.5. The molecular formula is C14H13N5O. The van der Waals surface area contributed by atoms with Crippen LogP contribution in [0.2, 0.25) is 0 Å². The van der Waals surface area contributed by atoms with E-state index in [9.17, 15) is 4.79 Å². The highest BCUT2D eigenvalue weighted by atomic mass is 16.1. The lowest BCUT2D eigenvalue weighted by Gasteiger charge is -2.09. The van der Waals surface area contributed by atoms with Gasteiger partial charge in [-0.3, -0.25) is 4.79 Å². The lowest BCUT2D eigenvalue weighted by atomic mass is 10.2. The van der Waals surface area contributed by atoms with E-state index >= 15 is 0 Å². The summed E-state index contributed by atoms with van der Waals surface area (Å²) in [5.41, 5.74) is 3.19. The molecule has 0 atom stereocenters. The summed E-state index contributed by atoms with van der Waals surface area (Å²) < 4.78 is 1.40. The number of nitrogens with zero attached hydrogens (tertiary/aromatic N) is 3. The molecule has 2 heterocycles. The second-order valence-electron chi connectivity index (χ2n) is 4.35. The van der Waals surface area contributed by atoms with Crippen molar-refractivity contribution in [3.63, 3.8) is 0 Å². The van der Waals surface area contributed by atoms with Crippen LogP contribution in [-0.4, -0.2) is 14.8 Å². The zero-order valence-electron chi connectivity index (χ0n) is 10.7. The second-order valence-corrected chi connectivity index (χ2v) is 4.35. The van der Waals surface area contributed by atoms with E-state index in [2.05, 4.69) is 15.5 Å². The molecule has 2 aromatic heterocycles. The molecule has 100 valence electrons. The minimum absolute atomic E-state index is 0.130. The zero-order chi connectivity index (χ0) is 13.9. The van der Waals surface area contributed by atoms with Crippen molar-refractivity contribution in [2.45, 2.75) is 6.54 Å². The zero-order valence-corrected chi connectivity index (χ0v) is 10.7. The number of rotatable bonds is 3. The van der Waals surface area contributed by atoms with E-state index < -0.39 is 0 Å². The second kappa shape index (κ2) is 5.10. The quantitative estimate of drug-likeness (QED) is 0.548. The van der Waals surface area contributed by atoms with E-state index in [0.29, 0.717) is 17.7 Å². The number of fused-ring (bicyclic) bond motifs is 1. The summed E-state index contributed by atoms with van der Waals surface area (Å²) in [5, 5.41) is 5.66. The lowest BCUT2D eigenvalue weighted by molar-refractivity contribution is 0.646. The number of hydrazine groups is 1. The minimum atomic E-state index is -0.130. The van der Waals surface area contributed by atoms with Crippen LogP contribution in [-0.2, 0) is 6.54 Å². The number of hydrogen-bond acceptors (Lipinski definition) is 5. The third-order valence-electron chi connectivity index (χ3n) is 3.11. The van der Waals surface area contributed by atoms with E-state index in [-0.39, 0.29) is 5.56 Å². The van der Waals surface area contributed by atoms with Crippen LogP contribution in [0.4, 0.5) is 5.82 Å². The Morgan fingerprint density at radius 1 is 1.20 bits per heavy atom. The van der Waals surface area contributed by atoms with Gasteiger partial charge in [-0.15, -0.1) is 0 Å². The van der Waals surface area contributed by atoms with Crippen LogP contribution >= 0.6 is 0 Å². The minimum Gasteiger partial charge on any atom is -0.308 e. The maximum Gasteiger partial charge on any atom is 0.274 e. The standard InChI is InChI=1S/C14H13N5O/c15-18-13-11(5-3-7-16-13)9-19-14(20)12-6-2-1-4-10(12)8-17-19/h1-8H,9,15H2,(H,16,18). The number of nitrogen functional groups attached to an aromatic ring is 1. The highest BCUT2D eigenvalue weighted by molar-refractivity contribution is 5.80. The molecule has 20 heavy (non-hydrogen) atoms. The summed E-state index contributed by atoms with van der Waals surface area (Å²) in [5.74, 6) is 5.95. The third-order valence-corrected chi connectivity index (χ3v) is 3.11. The number of aromatic nitrogens is 3. The Hall–Kier alpha value is -2.73. The molecule has 0 bridgehead atoms. The summed E-state index contributed by atoms with van der Waals surface area (Å²) in [6.07, 6.45) is 3.32. The Kier molecular flexibility index (Phi) is 3.14. The SMILES string of the molecule is NNc1ncccc1Cn1ncc2ccccc2c1=O. The molecular weight excluding hydrogens is 254 g/mol. The lowest BCUT2D eigenvalue weighted by Crippen LogP contribution is -2.24. The molecule has 3 N–H and O–H groups in total. The molecule has 0 aliphatic rings. The molecule has 0 radical (unpaired) electrons. The van der Waals surface area contributed by atoms with Crippen molar-refractivity contribution in [2.75, 3.05) is 5.43 Å². The van der Waals surface area contributed by atoms with Crippen molar-refractivity contribution in [1.29, 1.82) is 0 Å². The van der Waals surface area contributed by atoms with E-state index in [4.69, 9.17) is 5.84 Å². The van der Waals surface area contributed by atoms with Crippen molar-refractivity contribution >= 4 is 16.6 Å². The van der Waals surface area contributed by atoms with E-state index in [1.54, 1.807) is 24.5 Å². The number of pyridine rings is 1. The van der Waals surface area contributed by atoms with Gasteiger partial charge in [-0.1, -0.05) is 24.3 Å². The smallest absolute Gasteiger partial charge is 0.274 e. The molecule has 3 aromatic rings. The van der Waals surface area contributed by atoms with Gasteiger partial charge in [-0.25, -0.2) is 15.5 Å². The van der Waals surface area contributed by atoms with Crippen LogP contribution in [0.1, 0.15) is 5.56 Å². The first-order chi connectivity index (χ1) is 9.79. The first kappa shape index (κ1) is 12.3. The maximum absolute atomic E-state index is 12.4. The highest BCUT2D eigenvalue weighted by Gasteiger charge is 2.07. The topological polar surface area (TPSA) is 85.8 Å². The molecule has 0 saturated heterocycles. The molecule has 3 rings (SSSR count). The number of anilines is 1. The molecule has 0 unspecified atom stereocenters. The van der Waals surface area contributed by atoms with Gasteiger partial charge in [0.25, 0.3) is 5.56 Å². The molecule has 0 fully saturated rings. The predicted octanol–water partition coefficient (Wildman–Crippen LogP) is 1.13. The van der Waals surface area contributed by atoms with Crippen LogP contribution in [0.25, 0.3) is 10.8 Å². The Morgan fingerprint density at radius 2 is 2.05 bits per heavy atom. The Bertz CT molecular complexity index is 812. The van der Waals surface area contributed by atoms with Gasteiger partial charge < -0.3 is 5.43 Å². The third kappa shape index (κ3) is 2.12. The number of nitrogens with two attached hydrogens (primary N) is 1. The van der Waals surface area contributed by atoms with Gasteiger partial charge in [-0.2, -0.15) is 5.10 Å². The molecule has 0 amide bonds. The van der Waals surface area contributed by atoms with Crippen LogP contribution < -0.4 is 16.8 Å². The van der Waals surface area contributed by atoms with Crippen LogP contribution in [0, 0.1) is 0 Å². The van der Waals surface area contributed by atoms with Gasteiger partial charge >= 0.3 is 0 Å². The van der Waals surface area contributed by atoms with Crippen molar-refractivity contribution < 1.29 is 0 Å². The van der Waals surface area contributed by atoms with Crippen LogP contribution in [0.3, 0.4) is 0 Å². The maximum atomic E-state index is 12.4. The molecule has 0 aliphatic carbocycles.